The van der Waals surface area contributed by atoms with Gasteiger partial charge in [-0.15, -0.1) is 0 Å². The van der Waals surface area contributed by atoms with E-state index in [-0.39, 0.29) is 6.61 Å². The van der Waals surface area contributed by atoms with Crippen molar-refractivity contribution in [2.24, 2.45) is 0 Å². The summed E-state index contributed by atoms with van der Waals surface area (Å²) in [6.07, 6.45) is 3.45. The number of pyridine rings is 1. The van der Waals surface area contributed by atoms with E-state index in [1.54, 1.807) is 12.2 Å². The van der Waals surface area contributed by atoms with Crippen LogP contribution in [0, 0.1) is 5.95 Å². The minimum Gasteiger partial charge on any atom is -0.445 e. The molecule has 0 aliphatic heterocycles. The summed E-state index contributed by atoms with van der Waals surface area (Å²) in [5.41, 5.74) is 7.38. The molecule has 0 saturated heterocycles. The zero-order chi connectivity index (χ0) is 16.5. The molecule has 5 nitrogen and oxygen atoms in total. The Labute approximate surface area is 134 Å². The van der Waals surface area contributed by atoms with Crippen LogP contribution in [0.1, 0.15) is 17.7 Å². The second kappa shape index (κ2) is 8.53. The lowest BCUT2D eigenvalue weighted by Gasteiger charge is -2.06. The van der Waals surface area contributed by atoms with Gasteiger partial charge >= 0.3 is 6.09 Å². The highest BCUT2D eigenvalue weighted by Gasteiger charge is 2.01. The van der Waals surface area contributed by atoms with Gasteiger partial charge in [0, 0.05) is 6.54 Å². The van der Waals surface area contributed by atoms with Crippen molar-refractivity contribution < 1.29 is 13.9 Å². The molecule has 0 aliphatic rings. The second-order valence-corrected chi connectivity index (χ2v) is 4.79. The van der Waals surface area contributed by atoms with Gasteiger partial charge in [-0.2, -0.15) is 4.39 Å². The van der Waals surface area contributed by atoms with Crippen molar-refractivity contribution in [3.63, 3.8) is 0 Å². The van der Waals surface area contributed by atoms with Crippen LogP contribution in [-0.2, 0) is 11.3 Å². The summed E-state index contributed by atoms with van der Waals surface area (Å²) in [6, 6.07) is 12.1. The van der Waals surface area contributed by atoms with Crippen LogP contribution in [0.3, 0.4) is 0 Å². The molecule has 0 bridgehead atoms. The van der Waals surface area contributed by atoms with Gasteiger partial charge in [-0.25, -0.2) is 9.78 Å². The third kappa shape index (κ3) is 5.78. The molecule has 0 aliphatic carbocycles. The molecule has 6 heteroatoms. The largest absolute Gasteiger partial charge is 0.445 e. The summed E-state index contributed by atoms with van der Waals surface area (Å²) in [5.74, 6) is -0.582. The summed E-state index contributed by atoms with van der Waals surface area (Å²) >= 11 is 0. The number of anilines is 1. The molecular weight excluding hydrogens is 297 g/mol. The number of nitrogens with two attached hydrogens (primary N) is 1. The van der Waals surface area contributed by atoms with Gasteiger partial charge in [0.05, 0.1) is 11.4 Å². The zero-order valence-corrected chi connectivity index (χ0v) is 12.5. The monoisotopic (exact) mass is 315 g/mol. The number of rotatable bonds is 6. The molecule has 2 rings (SSSR count). The summed E-state index contributed by atoms with van der Waals surface area (Å²) in [6.45, 7) is 0.631. The summed E-state index contributed by atoms with van der Waals surface area (Å²) in [5, 5.41) is 2.63. The van der Waals surface area contributed by atoms with Gasteiger partial charge in [0.25, 0.3) is 0 Å². The minimum atomic E-state index is -0.582. The maximum Gasteiger partial charge on any atom is 0.407 e. The predicted molar refractivity (Wildman–Crippen MR) is 86.9 cm³/mol. The van der Waals surface area contributed by atoms with Crippen LogP contribution in [0.25, 0.3) is 6.08 Å². The third-order valence-electron chi connectivity index (χ3n) is 2.99. The highest BCUT2D eigenvalue weighted by atomic mass is 19.1. The lowest BCUT2D eigenvalue weighted by atomic mass is 10.2. The number of alkyl carbamates (subject to hydrolysis) is 1. The number of carbonyl (C=O) groups excluding carboxylic acids is 1. The number of nitrogens with zero attached hydrogens (tertiary/aromatic N) is 1. The number of amides is 1. The number of hydrogen-bond donors (Lipinski definition) is 2. The van der Waals surface area contributed by atoms with Crippen LogP contribution in [0.15, 0.2) is 48.5 Å². The molecule has 0 unspecified atom stereocenters. The van der Waals surface area contributed by atoms with Gasteiger partial charge in [0.2, 0.25) is 5.95 Å². The number of ether oxygens (including phenoxy) is 1. The topological polar surface area (TPSA) is 77.2 Å². The molecule has 120 valence electrons. The van der Waals surface area contributed by atoms with Gasteiger partial charge < -0.3 is 15.8 Å². The smallest absolute Gasteiger partial charge is 0.407 e. The maximum atomic E-state index is 13.0. The van der Waals surface area contributed by atoms with E-state index in [1.165, 1.54) is 12.1 Å². The van der Waals surface area contributed by atoms with Crippen molar-refractivity contribution in [3.05, 3.63) is 65.7 Å². The predicted octanol–water partition coefficient (Wildman–Crippen LogP) is 3.13. The first-order valence-corrected chi connectivity index (χ1v) is 7.18. The van der Waals surface area contributed by atoms with Crippen LogP contribution in [-0.4, -0.2) is 17.6 Å². The van der Waals surface area contributed by atoms with E-state index in [2.05, 4.69) is 10.3 Å². The van der Waals surface area contributed by atoms with Gasteiger partial charge in [0.1, 0.15) is 6.61 Å². The number of nitrogens with one attached hydrogen (secondary N) is 1. The first-order chi connectivity index (χ1) is 11.1. The molecule has 2 aromatic rings. The average molecular weight is 315 g/mol. The second-order valence-electron chi connectivity index (χ2n) is 4.79. The normalized spacial score (nSPS) is 10.7. The van der Waals surface area contributed by atoms with Gasteiger partial charge in [-0.05, 0) is 30.2 Å². The van der Waals surface area contributed by atoms with E-state index in [0.717, 1.165) is 5.56 Å². The number of benzene rings is 1. The molecule has 1 heterocycles. The van der Waals surface area contributed by atoms with Crippen LogP contribution in [0.2, 0.25) is 0 Å². The van der Waals surface area contributed by atoms with Crippen LogP contribution in [0.5, 0.6) is 0 Å². The van der Waals surface area contributed by atoms with Crippen molar-refractivity contribution in [3.8, 4) is 0 Å². The Kier molecular flexibility index (Phi) is 6.11. The molecule has 0 fully saturated rings. The fraction of sp³-hybridized carbons (Fsp3) is 0.176. The molecule has 1 amide bonds. The summed E-state index contributed by atoms with van der Waals surface area (Å²) in [4.78, 5) is 15.2. The van der Waals surface area contributed by atoms with E-state index >= 15 is 0 Å². The minimum absolute atomic E-state index is 0.228. The molecule has 1 aromatic heterocycles. The van der Waals surface area contributed by atoms with Crippen molar-refractivity contribution in [1.82, 2.24) is 10.3 Å². The highest BCUT2D eigenvalue weighted by Crippen LogP contribution is 2.11. The lowest BCUT2D eigenvalue weighted by molar-refractivity contribution is 0.140. The number of aromatic nitrogens is 1. The average Bonchev–Trinajstić information content (AvgIpc) is 2.56. The molecule has 23 heavy (non-hydrogen) atoms. The van der Waals surface area contributed by atoms with Crippen molar-refractivity contribution in [2.45, 2.75) is 13.0 Å². The fourth-order valence-corrected chi connectivity index (χ4v) is 1.82. The van der Waals surface area contributed by atoms with Gasteiger partial charge in [0.15, 0.2) is 0 Å². The number of carbonyl (C=O) groups is 1. The quantitative estimate of drug-likeness (QED) is 0.634. The fourth-order valence-electron chi connectivity index (χ4n) is 1.82. The number of nitrogen functional groups attached to an aromatic ring is 1. The van der Waals surface area contributed by atoms with E-state index < -0.39 is 12.0 Å². The number of hydrogen-bond acceptors (Lipinski definition) is 4. The molecular formula is C17H18FN3O2. The first kappa shape index (κ1) is 16.5. The van der Waals surface area contributed by atoms with E-state index in [9.17, 15) is 9.18 Å². The van der Waals surface area contributed by atoms with Crippen molar-refractivity contribution in [2.75, 3.05) is 12.3 Å². The standard InChI is InChI=1S/C17H18FN3O2/c18-16-10-9-14(19)15(21-16)8-4-5-11-20-17(22)23-12-13-6-2-1-3-7-13/h1-4,6-10H,5,11-12,19H2,(H,20,22). The Hall–Kier alpha value is -2.89. The van der Waals surface area contributed by atoms with Crippen molar-refractivity contribution in [1.29, 1.82) is 0 Å². The van der Waals surface area contributed by atoms with E-state index in [1.807, 2.05) is 30.3 Å². The molecule has 0 spiro atoms. The summed E-state index contributed by atoms with van der Waals surface area (Å²) in [7, 11) is 0. The molecule has 1 aromatic carbocycles. The first-order valence-electron chi connectivity index (χ1n) is 7.18. The zero-order valence-electron chi connectivity index (χ0n) is 12.5. The third-order valence-corrected chi connectivity index (χ3v) is 2.99. The highest BCUT2D eigenvalue weighted by molar-refractivity contribution is 5.67. The molecule has 3 N–H and O–H groups in total. The van der Waals surface area contributed by atoms with Gasteiger partial charge in [-0.3, -0.25) is 0 Å². The van der Waals surface area contributed by atoms with Gasteiger partial charge in [-0.1, -0.05) is 36.4 Å². The Morgan fingerprint density at radius 1 is 1.26 bits per heavy atom. The van der Waals surface area contributed by atoms with Crippen LogP contribution < -0.4 is 11.1 Å². The Morgan fingerprint density at radius 3 is 2.83 bits per heavy atom. The van der Waals surface area contributed by atoms with Crippen LogP contribution in [0.4, 0.5) is 14.9 Å². The van der Waals surface area contributed by atoms with E-state index in [4.69, 9.17) is 10.5 Å². The Bertz CT molecular complexity index is 675. The molecule has 0 saturated carbocycles. The molecule has 0 radical (unpaired) electrons. The Balaban J connectivity index is 1.67. The van der Waals surface area contributed by atoms with Crippen molar-refractivity contribution >= 4 is 17.9 Å². The molecule has 0 atom stereocenters. The number of halogens is 1. The lowest BCUT2D eigenvalue weighted by Crippen LogP contribution is -2.24. The maximum absolute atomic E-state index is 13.0. The summed E-state index contributed by atoms with van der Waals surface area (Å²) < 4.78 is 18.1. The van der Waals surface area contributed by atoms with E-state index in [0.29, 0.717) is 24.3 Å². The Morgan fingerprint density at radius 2 is 2.04 bits per heavy atom. The van der Waals surface area contributed by atoms with Crippen LogP contribution >= 0.6 is 0 Å². The SMILES string of the molecule is Nc1ccc(F)nc1C=CCCNC(=O)OCc1ccccc1.